The van der Waals surface area contributed by atoms with Crippen LogP contribution >= 0.6 is 0 Å². The number of hydrogen-bond acceptors (Lipinski definition) is 7. The fourth-order valence-corrected chi connectivity index (χ4v) is 4.21. The third kappa shape index (κ3) is 5.18. The number of nitrogens with one attached hydrogen (secondary N) is 3. The van der Waals surface area contributed by atoms with E-state index in [4.69, 9.17) is 0 Å². The Morgan fingerprint density at radius 3 is 2.64 bits per heavy atom. The highest BCUT2D eigenvalue weighted by Gasteiger charge is 2.31. The lowest BCUT2D eigenvalue weighted by Crippen LogP contribution is -2.44. The van der Waals surface area contributed by atoms with Gasteiger partial charge in [-0.05, 0) is 36.8 Å². The number of alkyl halides is 3. The van der Waals surface area contributed by atoms with E-state index in [9.17, 15) is 18.0 Å². The minimum absolute atomic E-state index is 0.170. The second-order valence-corrected chi connectivity index (χ2v) is 8.48. The van der Waals surface area contributed by atoms with Gasteiger partial charge in [-0.25, -0.2) is 14.8 Å². The monoisotopic (exact) mass is 498 g/mol. The van der Waals surface area contributed by atoms with Gasteiger partial charge in [-0.1, -0.05) is 12.1 Å². The van der Waals surface area contributed by atoms with Crippen molar-refractivity contribution in [2.24, 2.45) is 0 Å². The van der Waals surface area contributed by atoms with Gasteiger partial charge >= 0.3 is 12.2 Å². The number of nitrogens with zero attached hydrogens (tertiary/aromatic N) is 5. The smallest absolute Gasteiger partial charge is 0.382 e. The molecule has 36 heavy (non-hydrogen) atoms. The second-order valence-electron chi connectivity index (χ2n) is 8.48. The summed E-state index contributed by atoms with van der Waals surface area (Å²) in [5, 5.41) is 9.27. The van der Waals surface area contributed by atoms with E-state index < -0.39 is 17.8 Å². The van der Waals surface area contributed by atoms with E-state index >= 15 is 0 Å². The largest absolute Gasteiger partial charge is 0.416 e. The van der Waals surface area contributed by atoms with E-state index in [-0.39, 0.29) is 5.95 Å². The first-order valence-corrected chi connectivity index (χ1v) is 11.7. The number of carbonyl (C=O) groups excluding carboxylic acids is 1. The molecule has 3 N–H and O–H groups in total. The Balaban J connectivity index is 1.41. The lowest BCUT2D eigenvalue weighted by molar-refractivity contribution is -0.137. The van der Waals surface area contributed by atoms with E-state index in [0.717, 1.165) is 44.1 Å². The summed E-state index contributed by atoms with van der Waals surface area (Å²) < 4.78 is 39.7. The summed E-state index contributed by atoms with van der Waals surface area (Å²) in [4.78, 5) is 30.1. The number of carbonyl (C=O) groups is 1. The van der Waals surface area contributed by atoms with Crippen LogP contribution in [0.3, 0.4) is 0 Å². The number of fused-ring (bicyclic) bond motifs is 1. The van der Waals surface area contributed by atoms with Crippen LogP contribution in [0.1, 0.15) is 12.0 Å². The fraction of sp³-hybridized carbons (Fsp3) is 0.333. The van der Waals surface area contributed by atoms with E-state index in [2.05, 4.69) is 35.8 Å². The predicted molar refractivity (Wildman–Crippen MR) is 131 cm³/mol. The molecule has 12 heteroatoms. The van der Waals surface area contributed by atoms with Crippen LogP contribution < -0.4 is 25.8 Å². The standard InChI is InChI=1S/C24H25F3N8O/c25-24(26,27)17-4-1-3-16(15-17)18-5-6-19-21(31-18)35(12-2-8-29-19)23(36)33-22-30-9-7-20(32-22)34-13-10-28-11-14-34/h1,3-7,9,15,28-29H,2,8,10-14H2,(H,30,32,33,36). The van der Waals surface area contributed by atoms with E-state index in [1.807, 2.05) is 0 Å². The van der Waals surface area contributed by atoms with Gasteiger partial charge in [0.1, 0.15) is 5.82 Å². The molecule has 0 radical (unpaired) electrons. The first kappa shape index (κ1) is 23.8. The van der Waals surface area contributed by atoms with Crippen LogP contribution in [0.4, 0.5) is 41.2 Å². The number of piperazine rings is 1. The van der Waals surface area contributed by atoms with Crippen LogP contribution in [0.5, 0.6) is 0 Å². The van der Waals surface area contributed by atoms with Gasteiger partial charge in [0, 0.05) is 51.0 Å². The van der Waals surface area contributed by atoms with E-state index in [0.29, 0.717) is 42.3 Å². The maximum atomic E-state index is 13.3. The topological polar surface area (TPSA) is 98.3 Å². The molecular weight excluding hydrogens is 473 g/mol. The van der Waals surface area contributed by atoms with Crippen molar-refractivity contribution in [3.8, 4) is 11.3 Å². The van der Waals surface area contributed by atoms with Gasteiger partial charge in [-0.3, -0.25) is 10.2 Å². The van der Waals surface area contributed by atoms with Crippen molar-refractivity contribution in [1.82, 2.24) is 20.3 Å². The molecule has 188 valence electrons. The number of benzene rings is 1. The van der Waals surface area contributed by atoms with Crippen LogP contribution in [0.2, 0.25) is 0 Å². The number of urea groups is 1. The molecule has 0 saturated carbocycles. The van der Waals surface area contributed by atoms with E-state index in [1.54, 1.807) is 30.5 Å². The lowest BCUT2D eigenvalue weighted by atomic mass is 10.1. The predicted octanol–water partition coefficient (Wildman–Crippen LogP) is 3.82. The fourth-order valence-electron chi connectivity index (χ4n) is 4.21. The molecule has 3 aromatic rings. The Bertz CT molecular complexity index is 1250. The highest BCUT2D eigenvalue weighted by atomic mass is 19.4. The number of anilines is 4. The Kier molecular flexibility index (Phi) is 6.59. The van der Waals surface area contributed by atoms with Crippen molar-refractivity contribution in [1.29, 1.82) is 0 Å². The average molecular weight is 499 g/mol. The summed E-state index contributed by atoms with van der Waals surface area (Å²) in [5.74, 6) is 1.23. The highest BCUT2D eigenvalue weighted by Crippen LogP contribution is 2.34. The molecule has 1 aromatic carbocycles. The Morgan fingerprint density at radius 1 is 1.00 bits per heavy atom. The van der Waals surface area contributed by atoms with Crippen LogP contribution in [-0.4, -0.2) is 60.3 Å². The molecule has 5 rings (SSSR count). The van der Waals surface area contributed by atoms with Crippen LogP contribution in [0.15, 0.2) is 48.7 Å². The number of hydrogen-bond donors (Lipinski definition) is 3. The summed E-state index contributed by atoms with van der Waals surface area (Å²) >= 11 is 0. The second kappa shape index (κ2) is 9.97. The number of rotatable bonds is 3. The van der Waals surface area contributed by atoms with Gasteiger partial charge < -0.3 is 15.5 Å². The summed E-state index contributed by atoms with van der Waals surface area (Å²) in [6, 6.07) is 9.68. The van der Waals surface area contributed by atoms with Gasteiger partial charge in [0.05, 0.1) is 16.9 Å². The Hall–Kier alpha value is -3.93. The molecule has 0 spiro atoms. The van der Waals surface area contributed by atoms with Gasteiger partial charge in [0.25, 0.3) is 0 Å². The van der Waals surface area contributed by atoms with Crippen molar-refractivity contribution in [2.45, 2.75) is 12.6 Å². The lowest BCUT2D eigenvalue weighted by Gasteiger charge is -2.28. The summed E-state index contributed by atoms with van der Waals surface area (Å²) in [7, 11) is 0. The zero-order valence-corrected chi connectivity index (χ0v) is 19.3. The normalized spacial score (nSPS) is 16.1. The number of aromatic nitrogens is 3. The number of amides is 2. The van der Waals surface area contributed by atoms with Crippen molar-refractivity contribution in [3.63, 3.8) is 0 Å². The van der Waals surface area contributed by atoms with Crippen molar-refractivity contribution >= 4 is 29.3 Å². The molecule has 2 aliphatic heterocycles. The maximum absolute atomic E-state index is 13.3. The molecule has 0 atom stereocenters. The Labute approximate surface area is 205 Å². The quantitative estimate of drug-likeness (QED) is 0.505. The number of pyridine rings is 1. The minimum Gasteiger partial charge on any atom is -0.382 e. The Morgan fingerprint density at radius 2 is 1.83 bits per heavy atom. The molecule has 2 aliphatic rings. The first-order chi connectivity index (χ1) is 17.4. The summed E-state index contributed by atoms with van der Waals surface area (Å²) in [5.41, 5.74) is 0.502. The third-order valence-electron chi connectivity index (χ3n) is 6.04. The zero-order valence-electron chi connectivity index (χ0n) is 19.3. The molecule has 0 aliphatic carbocycles. The van der Waals surface area contributed by atoms with Crippen molar-refractivity contribution in [3.05, 3.63) is 54.2 Å². The van der Waals surface area contributed by atoms with Gasteiger partial charge in [-0.2, -0.15) is 18.2 Å². The molecule has 1 saturated heterocycles. The SMILES string of the molecule is O=C(Nc1nccc(N2CCNCC2)n1)N1CCCNc2ccc(-c3cccc(C(F)(F)F)c3)nc21. The van der Waals surface area contributed by atoms with Gasteiger partial charge in [0.2, 0.25) is 5.95 Å². The first-order valence-electron chi connectivity index (χ1n) is 11.7. The van der Waals surface area contributed by atoms with E-state index in [1.165, 1.54) is 11.0 Å². The molecule has 1 fully saturated rings. The maximum Gasteiger partial charge on any atom is 0.416 e. The molecule has 2 aromatic heterocycles. The van der Waals surface area contributed by atoms with Gasteiger partial charge in [0.15, 0.2) is 5.82 Å². The van der Waals surface area contributed by atoms with Crippen molar-refractivity contribution in [2.75, 3.05) is 59.7 Å². The third-order valence-corrected chi connectivity index (χ3v) is 6.04. The van der Waals surface area contributed by atoms with Crippen LogP contribution in [-0.2, 0) is 6.18 Å². The average Bonchev–Trinajstić information content (AvgIpc) is 3.11. The molecule has 0 bridgehead atoms. The van der Waals surface area contributed by atoms with Crippen LogP contribution in [0, 0.1) is 0 Å². The van der Waals surface area contributed by atoms with Crippen LogP contribution in [0.25, 0.3) is 11.3 Å². The van der Waals surface area contributed by atoms with Crippen molar-refractivity contribution < 1.29 is 18.0 Å². The molecular formula is C24H25F3N8O. The van der Waals surface area contributed by atoms with Gasteiger partial charge in [-0.15, -0.1) is 0 Å². The summed E-state index contributed by atoms with van der Waals surface area (Å²) in [6.07, 6.45) is -2.21. The molecule has 4 heterocycles. The molecule has 0 unspecified atom stereocenters. The molecule has 9 nitrogen and oxygen atoms in total. The molecule has 2 amide bonds. The zero-order chi connectivity index (χ0) is 25.1. The highest BCUT2D eigenvalue weighted by molar-refractivity contribution is 6.02. The minimum atomic E-state index is -4.46. The summed E-state index contributed by atoms with van der Waals surface area (Å²) in [6.45, 7) is 4.29. The number of halogens is 3.